The molecule has 0 bridgehead atoms. The van der Waals surface area contributed by atoms with Crippen molar-refractivity contribution in [2.24, 2.45) is 0 Å². The summed E-state index contributed by atoms with van der Waals surface area (Å²) in [6.45, 7) is 3.91. The largest absolute Gasteiger partial charge is 0.508 e. The van der Waals surface area contributed by atoms with Gasteiger partial charge in [-0.15, -0.1) is 0 Å². The summed E-state index contributed by atoms with van der Waals surface area (Å²) >= 11 is 0. The van der Waals surface area contributed by atoms with Crippen LogP contribution >= 0.6 is 0 Å². The number of rotatable bonds is 5. The molecule has 0 aliphatic rings. The molecule has 110 valence electrons. The highest BCUT2D eigenvalue weighted by Crippen LogP contribution is 2.20. The first kappa shape index (κ1) is 15.8. The summed E-state index contributed by atoms with van der Waals surface area (Å²) < 4.78 is 0. The van der Waals surface area contributed by atoms with Gasteiger partial charge in [0.15, 0.2) is 0 Å². The second-order valence-electron chi connectivity index (χ2n) is 4.59. The van der Waals surface area contributed by atoms with Crippen molar-refractivity contribution >= 4 is 17.7 Å². The minimum atomic E-state index is -0.941. The van der Waals surface area contributed by atoms with Crippen LogP contribution < -0.4 is 4.90 Å². The van der Waals surface area contributed by atoms with Gasteiger partial charge in [-0.3, -0.25) is 9.69 Å². The Balaban J connectivity index is 2.87. The highest BCUT2D eigenvalue weighted by atomic mass is 16.4. The van der Waals surface area contributed by atoms with Gasteiger partial charge >= 0.3 is 12.0 Å². The van der Waals surface area contributed by atoms with Crippen LogP contribution in [-0.2, 0) is 4.79 Å². The molecule has 0 aliphatic carbocycles. The second kappa shape index (κ2) is 6.79. The van der Waals surface area contributed by atoms with Gasteiger partial charge in [-0.2, -0.15) is 0 Å². The Morgan fingerprint density at radius 3 is 2.50 bits per heavy atom. The summed E-state index contributed by atoms with van der Waals surface area (Å²) in [6, 6.07) is 5.65. The van der Waals surface area contributed by atoms with Crippen LogP contribution in [0.4, 0.5) is 10.5 Å². The maximum Gasteiger partial charge on any atom is 0.324 e. The van der Waals surface area contributed by atoms with Crippen molar-refractivity contribution < 1.29 is 19.8 Å². The fourth-order valence-corrected chi connectivity index (χ4v) is 2.00. The lowest BCUT2D eigenvalue weighted by Gasteiger charge is -2.31. The first-order valence-electron chi connectivity index (χ1n) is 6.42. The van der Waals surface area contributed by atoms with E-state index in [1.54, 1.807) is 33.0 Å². The van der Waals surface area contributed by atoms with Gasteiger partial charge in [0.25, 0.3) is 0 Å². The fraction of sp³-hybridized carbons (Fsp3) is 0.429. The smallest absolute Gasteiger partial charge is 0.324 e. The quantitative estimate of drug-likeness (QED) is 0.865. The lowest BCUT2D eigenvalue weighted by atomic mass is 10.2. The Bertz CT molecular complexity index is 490. The third-order valence-corrected chi connectivity index (χ3v) is 3.09. The summed E-state index contributed by atoms with van der Waals surface area (Å²) in [5.74, 6) is -0.868. The number of carbonyl (C=O) groups excluding carboxylic acids is 1. The van der Waals surface area contributed by atoms with E-state index in [-0.39, 0.29) is 18.2 Å². The number of hydrogen-bond acceptors (Lipinski definition) is 3. The molecule has 1 aromatic rings. The van der Waals surface area contributed by atoms with Crippen molar-refractivity contribution in [1.82, 2.24) is 4.90 Å². The Labute approximate surface area is 118 Å². The van der Waals surface area contributed by atoms with Gasteiger partial charge in [0.05, 0.1) is 6.42 Å². The molecule has 0 saturated heterocycles. The van der Waals surface area contributed by atoms with E-state index in [1.807, 2.05) is 0 Å². The molecular weight excluding hydrogens is 260 g/mol. The molecule has 0 heterocycles. The zero-order valence-electron chi connectivity index (χ0n) is 11.9. The summed E-state index contributed by atoms with van der Waals surface area (Å²) in [6.07, 6.45) is -0.104. The highest BCUT2D eigenvalue weighted by Gasteiger charge is 2.24. The van der Waals surface area contributed by atoms with E-state index in [0.29, 0.717) is 12.2 Å². The molecule has 1 atom stereocenters. The van der Waals surface area contributed by atoms with Gasteiger partial charge in [-0.1, -0.05) is 6.07 Å². The van der Waals surface area contributed by atoms with E-state index in [1.165, 1.54) is 21.9 Å². The van der Waals surface area contributed by atoms with E-state index in [4.69, 9.17) is 5.11 Å². The number of carbonyl (C=O) groups is 2. The molecule has 0 radical (unpaired) electrons. The Hall–Kier alpha value is -2.24. The topological polar surface area (TPSA) is 81.1 Å². The molecule has 0 spiro atoms. The third-order valence-electron chi connectivity index (χ3n) is 3.09. The summed E-state index contributed by atoms with van der Waals surface area (Å²) in [4.78, 5) is 26.0. The average Bonchev–Trinajstić information content (AvgIpc) is 2.37. The van der Waals surface area contributed by atoms with Crippen LogP contribution in [0.15, 0.2) is 24.3 Å². The number of nitrogens with zero attached hydrogens (tertiary/aromatic N) is 2. The number of aromatic hydroxyl groups is 1. The number of carboxylic acid groups (broad SMARTS) is 1. The minimum Gasteiger partial charge on any atom is -0.508 e. The summed E-state index contributed by atoms with van der Waals surface area (Å²) in [5.41, 5.74) is 0.552. The van der Waals surface area contributed by atoms with E-state index in [9.17, 15) is 14.7 Å². The van der Waals surface area contributed by atoms with Crippen LogP contribution in [0, 0.1) is 0 Å². The lowest BCUT2D eigenvalue weighted by molar-refractivity contribution is -0.138. The van der Waals surface area contributed by atoms with Crippen LogP contribution in [0.5, 0.6) is 5.75 Å². The Morgan fingerprint density at radius 1 is 1.35 bits per heavy atom. The Morgan fingerprint density at radius 2 is 2.00 bits per heavy atom. The van der Waals surface area contributed by atoms with Crippen LogP contribution in [0.1, 0.15) is 20.3 Å². The van der Waals surface area contributed by atoms with Crippen molar-refractivity contribution in [1.29, 1.82) is 0 Å². The molecule has 6 nitrogen and oxygen atoms in total. The predicted octanol–water partition coefficient (Wildman–Crippen LogP) is 2.13. The number of benzene rings is 1. The van der Waals surface area contributed by atoms with E-state index in [0.717, 1.165) is 0 Å². The minimum absolute atomic E-state index is 0.0729. The van der Waals surface area contributed by atoms with E-state index in [2.05, 4.69) is 0 Å². The number of phenolic OH excluding ortho intramolecular Hbond substituents is 1. The molecule has 1 unspecified atom stereocenters. The predicted molar refractivity (Wildman–Crippen MR) is 76.0 cm³/mol. The molecule has 1 rings (SSSR count). The number of aliphatic carboxylic acids is 1. The second-order valence-corrected chi connectivity index (χ2v) is 4.59. The van der Waals surface area contributed by atoms with Crippen molar-refractivity contribution in [2.45, 2.75) is 26.3 Å². The van der Waals surface area contributed by atoms with E-state index < -0.39 is 12.0 Å². The van der Waals surface area contributed by atoms with Crippen molar-refractivity contribution in [3.63, 3.8) is 0 Å². The number of hydrogen-bond donors (Lipinski definition) is 2. The lowest BCUT2D eigenvalue weighted by Crippen LogP contribution is -2.46. The molecule has 20 heavy (non-hydrogen) atoms. The molecule has 1 aromatic carbocycles. The molecule has 0 fully saturated rings. The van der Waals surface area contributed by atoms with Gasteiger partial charge in [-0.25, -0.2) is 4.79 Å². The number of urea groups is 1. The third kappa shape index (κ3) is 3.88. The zero-order chi connectivity index (χ0) is 15.3. The van der Waals surface area contributed by atoms with Crippen LogP contribution in [0.2, 0.25) is 0 Å². The molecule has 6 heteroatoms. The molecule has 2 amide bonds. The van der Waals surface area contributed by atoms with Crippen molar-refractivity contribution in [2.75, 3.05) is 18.5 Å². The van der Waals surface area contributed by atoms with Crippen LogP contribution in [-0.4, -0.2) is 46.7 Å². The van der Waals surface area contributed by atoms with Gasteiger partial charge in [0.2, 0.25) is 0 Å². The maximum absolute atomic E-state index is 12.4. The summed E-state index contributed by atoms with van der Waals surface area (Å²) in [5, 5.41) is 18.3. The summed E-state index contributed by atoms with van der Waals surface area (Å²) in [7, 11) is 1.59. The molecule has 2 N–H and O–H groups in total. The van der Waals surface area contributed by atoms with Crippen molar-refractivity contribution in [3.8, 4) is 5.75 Å². The normalized spacial score (nSPS) is 11.8. The van der Waals surface area contributed by atoms with Gasteiger partial charge < -0.3 is 15.1 Å². The first-order chi connectivity index (χ1) is 9.36. The molecular formula is C14H20N2O4. The standard InChI is InChI=1S/C14H20N2O4/c1-4-16(10(2)8-13(18)19)14(20)15(3)11-6-5-7-12(17)9-11/h5-7,9-10,17H,4,8H2,1-3H3,(H,18,19). The number of anilines is 1. The fourth-order valence-electron chi connectivity index (χ4n) is 2.00. The maximum atomic E-state index is 12.4. The van der Waals surface area contributed by atoms with Gasteiger partial charge in [0.1, 0.15) is 5.75 Å². The Kier molecular flexibility index (Phi) is 5.37. The average molecular weight is 280 g/mol. The van der Waals surface area contributed by atoms with E-state index >= 15 is 0 Å². The molecule has 0 aromatic heterocycles. The van der Waals surface area contributed by atoms with Crippen LogP contribution in [0.3, 0.4) is 0 Å². The number of carboxylic acids is 1. The SMILES string of the molecule is CCN(C(=O)N(C)c1cccc(O)c1)C(C)CC(=O)O. The molecule has 0 aliphatic heterocycles. The van der Waals surface area contributed by atoms with Gasteiger partial charge in [0, 0.05) is 31.4 Å². The molecule has 0 saturated carbocycles. The number of amides is 2. The highest BCUT2D eigenvalue weighted by molar-refractivity contribution is 5.92. The van der Waals surface area contributed by atoms with Crippen molar-refractivity contribution in [3.05, 3.63) is 24.3 Å². The zero-order valence-corrected chi connectivity index (χ0v) is 11.9. The van der Waals surface area contributed by atoms with Gasteiger partial charge in [-0.05, 0) is 26.0 Å². The number of phenols is 1. The van der Waals surface area contributed by atoms with Crippen LogP contribution in [0.25, 0.3) is 0 Å². The first-order valence-corrected chi connectivity index (χ1v) is 6.42. The monoisotopic (exact) mass is 280 g/mol.